The Labute approximate surface area is 201 Å². The number of aromatic nitrogens is 1. The highest BCUT2D eigenvalue weighted by atomic mass is 19.1. The fourth-order valence-corrected chi connectivity index (χ4v) is 5.27. The van der Waals surface area contributed by atoms with Gasteiger partial charge in [0.25, 0.3) is 0 Å². The van der Waals surface area contributed by atoms with Crippen LogP contribution in [0.15, 0.2) is 54.6 Å². The first-order chi connectivity index (χ1) is 16.2. The smallest absolute Gasteiger partial charge is 0.163 e. The van der Waals surface area contributed by atoms with Crippen molar-refractivity contribution in [2.24, 2.45) is 0 Å². The first kappa shape index (κ1) is 24.4. The summed E-state index contributed by atoms with van der Waals surface area (Å²) in [5, 5.41) is 0. The predicted molar refractivity (Wildman–Crippen MR) is 133 cm³/mol. The number of carbonyl (C=O) groups excluding carboxylic acids is 1. The van der Waals surface area contributed by atoms with Crippen LogP contribution in [-0.2, 0) is 16.0 Å². The summed E-state index contributed by atoms with van der Waals surface area (Å²) in [7, 11) is 0. The van der Waals surface area contributed by atoms with E-state index in [9.17, 15) is 9.18 Å². The second kappa shape index (κ2) is 9.85. The van der Waals surface area contributed by atoms with Crippen LogP contribution in [0.1, 0.15) is 69.4 Å². The Balaban J connectivity index is 1.86. The Morgan fingerprint density at radius 1 is 1.06 bits per heavy atom. The van der Waals surface area contributed by atoms with E-state index in [2.05, 4.69) is 25.3 Å². The summed E-state index contributed by atoms with van der Waals surface area (Å²) < 4.78 is 28.2. The maximum absolute atomic E-state index is 13.8. The quantitative estimate of drug-likeness (QED) is 0.347. The van der Waals surface area contributed by atoms with Crippen molar-refractivity contribution in [3.63, 3.8) is 0 Å². The van der Waals surface area contributed by atoms with Gasteiger partial charge in [0.15, 0.2) is 12.1 Å². The van der Waals surface area contributed by atoms with Crippen LogP contribution in [0.3, 0.4) is 0 Å². The van der Waals surface area contributed by atoms with Crippen molar-refractivity contribution in [3.8, 4) is 22.4 Å². The normalized spacial score (nSPS) is 20.0. The molecule has 0 N–H and O–H groups in total. The monoisotopic (exact) mass is 463 g/mol. The summed E-state index contributed by atoms with van der Waals surface area (Å²) >= 11 is 0. The number of nitrogens with zero attached hydrogens (tertiary/aromatic N) is 1. The van der Waals surface area contributed by atoms with Gasteiger partial charge < -0.3 is 14.0 Å². The van der Waals surface area contributed by atoms with E-state index >= 15 is 0 Å². The predicted octanol–water partition coefficient (Wildman–Crippen LogP) is 7.22. The zero-order chi connectivity index (χ0) is 24.5. The molecule has 1 fully saturated rings. The van der Waals surface area contributed by atoms with Crippen molar-refractivity contribution in [3.05, 3.63) is 71.7 Å². The van der Waals surface area contributed by atoms with Crippen LogP contribution in [0.5, 0.6) is 0 Å². The molecule has 0 unspecified atom stereocenters. The molecule has 0 saturated carbocycles. The van der Waals surface area contributed by atoms with E-state index < -0.39 is 5.79 Å². The van der Waals surface area contributed by atoms with Crippen LogP contribution >= 0.6 is 0 Å². The molecule has 0 radical (unpaired) electrons. The van der Waals surface area contributed by atoms with Gasteiger partial charge in [-0.2, -0.15) is 0 Å². The van der Waals surface area contributed by atoms with Crippen molar-refractivity contribution < 1.29 is 18.7 Å². The lowest BCUT2D eigenvalue weighted by Gasteiger charge is -2.40. The van der Waals surface area contributed by atoms with E-state index in [0.717, 1.165) is 47.2 Å². The Morgan fingerprint density at radius 2 is 1.74 bits per heavy atom. The number of hydrogen-bond donors (Lipinski definition) is 0. The zero-order valence-corrected chi connectivity index (χ0v) is 20.7. The number of ether oxygens (including phenoxy) is 2. The lowest BCUT2D eigenvalue weighted by atomic mass is 9.96. The van der Waals surface area contributed by atoms with Crippen molar-refractivity contribution in [2.75, 3.05) is 0 Å². The van der Waals surface area contributed by atoms with Crippen molar-refractivity contribution in [1.82, 2.24) is 4.57 Å². The van der Waals surface area contributed by atoms with Crippen molar-refractivity contribution in [1.29, 1.82) is 0 Å². The summed E-state index contributed by atoms with van der Waals surface area (Å²) in [4.78, 5) is 12.5. The Hall–Kier alpha value is -2.76. The molecule has 4 nitrogen and oxygen atoms in total. The van der Waals surface area contributed by atoms with E-state index in [4.69, 9.17) is 9.47 Å². The van der Waals surface area contributed by atoms with Crippen LogP contribution in [0.25, 0.3) is 22.4 Å². The van der Waals surface area contributed by atoms with Gasteiger partial charge in [-0.05, 0) is 74.9 Å². The molecule has 5 heteroatoms. The maximum atomic E-state index is 13.8. The molecule has 0 bridgehead atoms. The minimum Gasteiger partial charge on any atom is -0.347 e. The fraction of sp³-hybridized carbons (Fsp3) is 0.414. The van der Waals surface area contributed by atoms with E-state index in [0.29, 0.717) is 12.1 Å². The molecule has 1 aromatic heterocycles. The van der Waals surface area contributed by atoms with Gasteiger partial charge in [-0.1, -0.05) is 44.2 Å². The Morgan fingerprint density at radius 3 is 2.32 bits per heavy atom. The molecule has 4 rings (SSSR count). The maximum Gasteiger partial charge on any atom is 0.163 e. The summed E-state index contributed by atoms with van der Waals surface area (Å²) in [5.41, 5.74) is 5.39. The summed E-state index contributed by atoms with van der Waals surface area (Å²) in [6, 6.07) is 16.5. The number of aldehydes is 1. The lowest BCUT2D eigenvalue weighted by molar-refractivity contribution is -0.297. The second-order valence-corrected chi connectivity index (χ2v) is 9.91. The molecule has 180 valence electrons. The highest BCUT2D eigenvalue weighted by molar-refractivity contribution is 5.97. The number of halogens is 1. The first-order valence-electron chi connectivity index (χ1n) is 12.1. The molecule has 1 aliphatic rings. The number of hydrogen-bond acceptors (Lipinski definition) is 3. The summed E-state index contributed by atoms with van der Waals surface area (Å²) in [6.45, 7) is 10.9. The molecule has 3 aromatic rings. The SMILES string of the molecule is CC(C)c1c(C=O)c(-c2ccccc2)c(-c2ccc(F)cc2)n1CC[C@@H]1C[C@H](C)OC(C)(C)O1. The Kier molecular flexibility index (Phi) is 7.06. The third-order valence-corrected chi connectivity index (χ3v) is 6.39. The average molecular weight is 464 g/mol. The molecule has 2 heterocycles. The van der Waals surface area contributed by atoms with Gasteiger partial charge in [-0.3, -0.25) is 4.79 Å². The largest absolute Gasteiger partial charge is 0.347 e. The first-order valence-corrected chi connectivity index (χ1v) is 12.1. The van der Waals surface area contributed by atoms with Crippen LogP contribution in [0.2, 0.25) is 0 Å². The Bertz CT molecular complexity index is 1130. The number of rotatable bonds is 7. The molecular weight excluding hydrogens is 429 g/mol. The van der Waals surface area contributed by atoms with Gasteiger partial charge in [0.1, 0.15) is 5.82 Å². The summed E-state index contributed by atoms with van der Waals surface area (Å²) in [6.07, 6.45) is 2.73. The third-order valence-electron chi connectivity index (χ3n) is 6.39. The zero-order valence-electron chi connectivity index (χ0n) is 20.7. The number of benzene rings is 2. The highest BCUT2D eigenvalue weighted by Gasteiger charge is 2.34. The van der Waals surface area contributed by atoms with Crippen molar-refractivity contribution >= 4 is 6.29 Å². The van der Waals surface area contributed by atoms with Crippen LogP contribution in [0, 0.1) is 5.82 Å². The molecule has 1 aliphatic heterocycles. The molecule has 0 aliphatic carbocycles. The molecular formula is C29H34FNO3. The lowest BCUT2D eigenvalue weighted by Crippen LogP contribution is -2.43. The minimum absolute atomic E-state index is 0.0436. The minimum atomic E-state index is -0.622. The summed E-state index contributed by atoms with van der Waals surface area (Å²) in [5.74, 6) is -0.777. The molecule has 2 aromatic carbocycles. The van der Waals surface area contributed by atoms with Gasteiger partial charge in [0, 0.05) is 23.4 Å². The molecule has 0 amide bonds. The van der Waals surface area contributed by atoms with Crippen LogP contribution < -0.4 is 0 Å². The van der Waals surface area contributed by atoms with E-state index in [-0.39, 0.29) is 23.9 Å². The topological polar surface area (TPSA) is 40.5 Å². The van der Waals surface area contributed by atoms with Gasteiger partial charge in [-0.25, -0.2) is 4.39 Å². The van der Waals surface area contributed by atoms with Gasteiger partial charge >= 0.3 is 0 Å². The van der Waals surface area contributed by atoms with E-state index in [1.165, 1.54) is 12.1 Å². The molecule has 0 spiro atoms. The van der Waals surface area contributed by atoms with Gasteiger partial charge in [-0.15, -0.1) is 0 Å². The van der Waals surface area contributed by atoms with Gasteiger partial charge in [0.2, 0.25) is 0 Å². The van der Waals surface area contributed by atoms with E-state index in [1.54, 1.807) is 12.1 Å². The molecule has 2 atom stereocenters. The molecule has 34 heavy (non-hydrogen) atoms. The third kappa shape index (κ3) is 5.01. The average Bonchev–Trinajstić information content (AvgIpc) is 3.12. The van der Waals surface area contributed by atoms with Crippen LogP contribution in [-0.4, -0.2) is 28.8 Å². The molecule has 1 saturated heterocycles. The number of carbonyl (C=O) groups is 1. The van der Waals surface area contributed by atoms with Crippen molar-refractivity contribution in [2.45, 2.75) is 77.9 Å². The highest BCUT2D eigenvalue weighted by Crippen LogP contribution is 2.42. The second-order valence-electron chi connectivity index (χ2n) is 9.91. The standard InChI is InChI=1S/C29H34FNO3/c1-19(2)27-25(18-32)26(21-9-7-6-8-10-21)28(22-11-13-23(30)14-12-22)31(27)16-15-24-17-20(3)33-29(4,5)34-24/h6-14,18-20,24H,15-17H2,1-5H3/t20-,24+/m0/s1. The van der Waals surface area contributed by atoms with Gasteiger partial charge in [0.05, 0.1) is 17.9 Å². The fourth-order valence-electron chi connectivity index (χ4n) is 5.27. The van der Waals surface area contributed by atoms with Crippen LogP contribution in [0.4, 0.5) is 4.39 Å². The van der Waals surface area contributed by atoms with E-state index in [1.807, 2.05) is 44.2 Å².